The summed E-state index contributed by atoms with van der Waals surface area (Å²) in [6, 6.07) is 14.7. The van der Waals surface area contributed by atoms with Gasteiger partial charge < -0.3 is 4.74 Å². The van der Waals surface area contributed by atoms with Crippen LogP contribution in [0.25, 0.3) is 10.8 Å². The highest BCUT2D eigenvalue weighted by molar-refractivity contribution is 6.05. The molecule has 0 saturated heterocycles. The molecule has 0 fully saturated rings. The molecule has 7 nitrogen and oxygen atoms in total. The van der Waals surface area contributed by atoms with Crippen LogP contribution < -0.4 is 15.7 Å². The number of ether oxygens (including phenoxy) is 1. The monoisotopic (exact) mass is 392 g/mol. The zero-order valence-electron chi connectivity index (χ0n) is 16.8. The van der Waals surface area contributed by atoms with E-state index in [0.717, 1.165) is 23.4 Å². The Morgan fingerprint density at radius 3 is 2.48 bits per heavy atom. The number of amides is 1. The second-order valence-electron chi connectivity index (χ2n) is 6.74. The third-order valence-corrected chi connectivity index (χ3v) is 4.49. The predicted molar refractivity (Wildman–Crippen MR) is 114 cm³/mol. The fraction of sp³-hybridized carbons (Fsp3) is 0.273. The van der Waals surface area contributed by atoms with Crippen LogP contribution in [0.4, 0.5) is 0 Å². The number of rotatable bonds is 7. The third kappa shape index (κ3) is 4.68. The Balaban J connectivity index is 1.82. The van der Waals surface area contributed by atoms with E-state index in [2.05, 4.69) is 15.6 Å². The number of nitrogens with one attached hydrogen (secondary N) is 1. The molecule has 0 bridgehead atoms. The summed E-state index contributed by atoms with van der Waals surface area (Å²) in [5.41, 5.74) is 4.36. The molecule has 0 spiro atoms. The van der Waals surface area contributed by atoms with Crippen LogP contribution in [0, 0.1) is 0 Å². The van der Waals surface area contributed by atoms with E-state index in [4.69, 9.17) is 4.74 Å². The molecule has 0 saturated carbocycles. The molecule has 1 aromatic heterocycles. The number of methoxy groups -OCH3 is 1. The highest BCUT2D eigenvalue weighted by Gasteiger charge is 2.16. The molecule has 0 unspecified atom stereocenters. The highest BCUT2D eigenvalue weighted by Crippen LogP contribution is 2.14. The van der Waals surface area contributed by atoms with Crippen LogP contribution in [0.3, 0.4) is 0 Å². The molecule has 7 heteroatoms. The van der Waals surface area contributed by atoms with Gasteiger partial charge >= 0.3 is 0 Å². The normalized spacial score (nSPS) is 11.5. The van der Waals surface area contributed by atoms with Crippen LogP contribution in [0.15, 0.2) is 58.4 Å². The van der Waals surface area contributed by atoms with Crippen LogP contribution >= 0.6 is 0 Å². The van der Waals surface area contributed by atoms with Gasteiger partial charge in [0.25, 0.3) is 11.5 Å². The molecule has 0 aliphatic heterocycles. The summed E-state index contributed by atoms with van der Waals surface area (Å²) in [5, 5.41) is 9.47. The Kier molecular flexibility index (Phi) is 6.39. The molecule has 29 heavy (non-hydrogen) atoms. The first-order valence-corrected chi connectivity index (χ1v) is 9.49. The first-order chi connectivity index (χ1) is 14.0. The van der Waals surface area contributed by atoms with Gasteiger partial charge in [-0.15, -0.1) is 0 Å². The second-order valence-corrected chi connectivity index (χ2v) is 6.74. The lowest BCUT2D eigenvalue weighted by atomic mass is 10.1. The fourth-order valence-electron chi connectivity index (χ4n) is 3.04. The molecular weight excluding hydrogens is 368 g/mol. The predicted octanol–water partition coefficient (Wildman–Crippen LogP) is 3.16. The minimum absolute atomic E-state index is 0.189. The Hall–Kier alpha value is -3.48. The minimum atomic E-state index is -0.444. The summed E-state index contributed by atoms with van der Waals surface area (Å²) in [7, 11) is 1.62. The summed E-state index contributed by atoms with van der Waals surface area (Å²) in [6.07, 6.45) is 1.33. The number of hydrazone groups is 1. The van der Waals surface area contributed by atoms with Crippen LogP contribution in [0.1, 0.15) is 36.3 Å². The number of nitrogens with zero attached hydrogens (tertiary/aromatic N) is 3. The molecule has 150 valence electrons. The molecule has 0 radical (unpaired) electrons. The minimum Gasteiger partial charge on any atom is -0.497 e. The summed E-state index contributed by atoms with van der Waals surface area (Å²) >= 11 is 0. The quantitative estimate of drug-likeness (QED) is 0.494. The number of aryl methyl sites for hydroxylation is 1. The van der Waals surface area contributed by atoms with Crippen molar-refractivity contribution in [2.75, 3.05) is 7.11 Å². The molecule has 2 aromatic carbocycles. The van der Waals surface area contributed by atoms with E-state index in [0.29, 0.717) is 23.7 Å². The number of fused-ring (bicyclic) bond motifs is 1. The first-order valence-electron chi connectivity index (χ1n) is 9.49. The summed E-state index contributed by atoms with van der Waals surface area (Å²) in [4.78, 5) is 25.3. The van der Waals surface area contributed by atoms with Crippen LogP contribution in [-0.2, 0) is 13.0 Å². The standard InChI is InChI=1S/C22H24N4O3/c1-4-13-26-22(28)19-8-6-5-7-18(19)20(25-26)21(27)24-23-15(2)14-16-9-11-17(29-3)12-10-16/h5-12H,4,13-14H2,1-3H3,(H,24,27)/b23-15-. The van der Waals surface area contributed by atoms with E-state index in [1.165, 1.54) is 4.68 Å². The van der Waals surface area contributed by atoms with Crippen molar-refractivity contribution >= 4 is 22.4 Å². The van der Waals surface area contributed by atoms with Gasteiger partial charge in [0.05, 0.1) is 12.5 Å². The van der Waals surface area contributed by atoms with Gasteiger partial charge in [0.15, 0.2) is 5.69 Å². The molecular formula is C22H24N4O3. The maximum absolute atomic E-state index is 12.8. The largest absolute Gasteiger partial charge is 0.497 e. The summed E-state index contributed by atoms with van der Waals surface area (Å²) in [6.45, 7) is 4.24. The first kappa shape index (κ1) is 20.3. The van der Waals surface area contributed by atoms with Crippen molar-refractivity contribution in [3.63, 3.8) is 0 Å². The van der Waals surface area contributed by atoms with Crippen LogP contribution in [0.5, 0.6) is 5.75 Å². The maximum atomic E-state index is 12.8. The lowest BCUT2D eigenvalue weighted by Crippen LogP contribution is -2.29. The van der Waals surface area contributed by atoms with Gasteiger partial charge in [0.1, 0.15) is 5.75 Å². The molecule has 3 rings (SSSR count). The Morgan fingerprint density at radius 2 is 1.83 bits per heavy atom. The molecule has 0 aliphatic carbocycles. The molecule has 1 N–H and O–H groups in total. The van der Waals surface area contributed by atoms with Gasteiger partial charge in [-0.2, -0.15) is 10.2 Å². The third-order valence-electron chi connectivity index (χ3n) is 4.49. The van der Waals surface area contributed by atoms with E-state index in [1.54, 1.807) is 31.4 Å². The SMILES string of the molecule is CCCn1nc(C(=O)N/N=C(/C)Cc2ccc(OC)cc2)c2ccccc2c1=O. The van der Waals surface area contributed by atoms with Gasteiger partial charge in [0.2, 0.25) is 0 Å². The van der Waals surface area contributed by atoms with Crippen molar-refractivity contribution in [3.8, 4) is 5.75 Å². The van der Waals surface area contributed by atoms with Gasteiger partial charge in [-0.3, -0.25) is 9.59 Å². The number of carbonyl (C=O) groups is 1. The molecule has 0 aliphatic rings. The van der Waals surface area contributed by atoms with E-state index in [-0.39, 0.29) is 11.3 Å². The maximum Gasteiger partial charge on any atom is 0.292 e. The van der Waals surface area contributed by atoms with Crippen molar-refractivity contribution < 1.29 is 9.53 Å². The topological polar surface area (TPSA) is 85.6 Å². The molecule has 1 heterocycles. The number of hydrogen-bond acceptors (Lipinski definition) is 5. The van der Waals surface area contributed by atoms with Gasteiger partial charge in [-0.05, 0) is 37.1 Å². The van der Waals surface area contributed by atoms with E-state index >= 15 is 0 Å². The van der Waals surface area contributed by atoms with Gasteiger partial charge in [0, 0.05) is 24.1 Å². The number of aromatic nitrogens is 2. The number of benzene rings is 2. The van der Waals surface area contributed by atoms with Crippen molar-refractivity contribution in [2.45, 2.75) is 33.2 Å². The van der Waals surface area contributed by atoms with E-state index in [9.17, 15) is 9.59 Å². The van der Waals surface area contributed by atoms with E-state index in [1.807, 2.05) is 38.1 Å². The number of hydrogen-bond donors (Lipinski definition) is 1. The lowest BCUT2D eigenvalue weighted by molar-refractivity contribution is 0.0949. The Morgan fingerprint density at radius 1 is 1.14 bits per heavy atom. The van der Waals surface area contributed by atoms with Crippen molar-refractivity contribution in [1.82, 2.24) is 15.2 Å². The Labute approximate surface area is 169 Å². The summed E-state index contributed by atoms with van der Waals surface area (Å²) < 4.78 is 6.49. The lowest BCUT2D eigenvalue weighted by Gasteiger charge is -2.09. The number of carbonyl (C=O) groups excluding carboxylic acids is 1. The van der Waals surface area contributed by atoms with Crippen LogP contribution in [0.2, 0.25) is 0 Å². The van der Waals surface area contributed by atoms with Crippen molar-refractivity contribution in [2.24, 2.45) is 5.10 Å². The highest BCUT2D eigenvalue weighted by atomic mass is 16.5. The average molecular weight is 392 g/mol. The zero-order valence-corrected chi connectivity index (χ0v) is 16.8. The Bertz CT molecular complexity index is 1100. The second kappa shape index (κ2) is 9.14. The zero-order chi connectivity index (χ0) is 20.8. The van der Waals surface area contributed by atoms with Gasteiger partial charge in [-0.1, -0.05) is 37.3 Å². The van der Waals surface area contributed by atoms with Crippen LogP contribution in [-0.4, -0.2) is 28.5 Å². The van der Waals surface area contributed by atoms with Gasteiger partial charge in [-0.25, -0.2) is 10.1 Å². The van der Waals surface area contributed by atoms with E-state index < -0.39 is 5.91 Å². The van der Waals surface area contributed by atoms with Crippen molar-refractivity contribution in [1.29, 1.82) is 0 Å². The molecule has 0 atom stereocenters. The molecule has 3 aromatic rings. The molecule has 1 amide bonds. The average Bonchev–Trinajstić information content (AvgIpc) is 2.74. The smallest absolute Gasteiger partial charge is 0.292 e. The summed E-state index contributed by atoms with van der Waals surface area (Å²) in [5.74, 6) is 0.344. The van der Waals surface area contributed by atoms with Crippen molar-refractivity contribution in [3.05, 3.63) is 70.1 Å². The fourth-order valence-corrected chi connectivity index (χ4v) is 3.04.